The van der Waals surface area contributed by atoms with Crippen molar-refractivity contribution < 1.29 is 31.0 Å². The maximum absolute atomic E-state index is 5.46. The molecule has 0 radical (unpaired) electrons. The van der Waals surface area contributed by atoms with Crippen molar-refractivity contribution in [2.45, 2.75) is 13.3 Å². The molecule has 0 spiro atoms. The quantitative estimate of drug-likeness (QED) is 0.681. The summed E-state index contributed by atoms with van der Waals surface area (Å²) in [6, 6.07) is 12.8. The number of aryl methyl sites for hydroxylation is 1. The number of halogens is 1. The van der Waals surface area contributed by atoms with E-state index in [-0.39, 0.29) is 17.0 Å². The molecular weight excluding hydrogens is 330 g/mol. The van der Waals surface area contributed by atoms with Crippen molar-refractivity contribution in [1.82, 2.24) is 0 Å². The van der Waals surface area contributed by atoms with E-state index < -0.39 is 0 Å². The van der Waals surface area contributed by atoms with Crippen molar-refractivity contribution in [3.05, 3.63) is 53.1 Å². The van der Waals surface area contributed by atoms with Crippen LogP contribution in [0.4, 0.5) is 5.69 Å². The van der Waals surface area contributed by atoms with E-state index in [1.807, 2.05) is 0 Å². The molecule has 0 unspecified atom stereocenters. The number of ether oxygens (including phenoxy) is 2. The minimum absolute atomic E-state index is 0. The summed E-state index contributed by atoms with van der Waals surface area (Å²) in [4.78, 5) is 0. The van der Waals surface area contributed by atoms with Gasteiger partial charge in [-0.1, -0.05) is 12.1 Å². The van der Waals surface area contributed by atoms with Crippen LogP contribution in [0.15, 0.2) is 36.4 Å². The van der Waals surface area contributed by atoms with E-state index in [0.29, 0.717) is 6.79 Å². The second-order valence-electron chi connectivity index (χ2n) is 5.32. The van der Waals surface area contributed by atoms with Crippen molar-refractivity contribution >= 4 is 11.9 Å². The first kappa shape index (κ1) is 14.1. The van der Waals surface area contributed by atoms with Crippen LogP contribution >= 0.6 is 0 Å². The normalized spacial score (nSPS) is 15.0. The second-order valence-corrected chi connectivity index (χ2v) is 5.32. The van der Waals surface area contributed by atoms with E-state index in [0.717, 1.165) is 24.5 Å². The summed E-state index contributed by atoms with van der Waals surface area (Å²) < 4.78 is 13.2. The smallest absolute Gasteiger partial charge is 0.231 e. The standard InChI is InChI=1S/C17H16NO2.BrH/c1-12-3-2-4-15(7-12)18-6-5-13-8-16-17(20-11-19-16)9-14(13)10-18;/h2-4,7-10H,5-6,11H2,1H3;1H/q+1;/p-1. The van der Waals surface area contributed by atoms with Gasteiger partial charge in [-0.05, 0) is 30.2 Å². The third kappa shape index (κ3) is 2.56. The lowest BCUT2D eigenvalue weighted by molar-refractivity contribution is -0.436. The fourth-order valence-corrected chi connectivity index (χ4v) is 2.82. The zero-order valence-electron chi connectivity index (χ0n) is 11.8. The zero-order chi connectivity index (χ0) is 13.5. The molecule has 0 saturated carbocycles. The van der Waals surface area contributed by atoms with Crippen molar-refractivity contribution in [3.63, 3.8) is 0 Å². The van der Waals surface area contributed by atoms with Crippen LogP contribution in [0.1, 0.15) is 16.7 Å². The van der Waals surface area contributed by atoms with Gasteiger partial charge in [0.15, 0.2) is 24.3 Å². The molecule has 0 fully saturated rings. The molecule has 2 aliphatic heterocycles. The van der Waals surface area contributed by atoms with Gasteiger partial charge in [-0.2, -0.15) is 4.58 Å². The van der Waals surface area contributed by atoms with Gasteiger partial charge in [0.1, 0.15) is 0 Å². The molecule has 0 bridgehead atoms. The molecule has 2 aromatic rings. The predicted octanol–water partition coefficient (Wildman–Crippen LogP) is 0.0469. The third-order valence-electron chi connectivity index (χ3n) is 3.88. The Labute approximate surface area is 134 Å². The SMILES string of the molecule is Cc1cccc([N+]2=Cc3cc4c(cc3CC2)OCO4)c1.[Br-]. The fourth-order valence-electron chi connectivity index (χ4n) is 2.82. The van der Waals surface area contributed by atoms with Crippen LogP contribution in [0.5, 0.6) is 11.5 Å². The van der Waals surface area contributed by atoms with Crippen LogP contribution in [0.3, 0.4) is 0 Å². The highest BCUT2D eigenvalue weighted by Gasteiger charge is 2.23. The average Bonchev–Trinajstić information content (AvgIpc) is 2.91. The molecule has 0 aliphatic carbocycles. The molecule has 0 aromatic heterocycles. The zero-order valence-corrected chi connectivity index (χ0v) is 13.4. The summed E-state index contributed by atoms with van der Waals surface area (Å²) in [5.74, 6) is 1.73. The van der Waals surface area contributed by atoms with Crippen LogP contribution in [0.25, 0.3) is 0 Å². The number of nitrogens with zero attached hydrogens (tertiary/aromatic N) is 1. The van der Waals surface area contributed by atoms with E-state index in [4.69, 9.17) is 9.47 Å². The van der Waals surface area contributed by atoms with Gasteiger partial charge < -0.3 is 26.5 Å². The van der Waals surface area contributed by atoms with E-state index in [9.17, 15) is 0 Å². The number of rotatable bonds is 1. The largest absolute Gasteiger partial charge is 1.00 e. The molecule has 4 rings (SSSR count). The minimum Gasteiger partial charge on any atom is -1.00 e. The maximum Gasteiger partial charge on any atom is 0.231 e. The highest BCUT2D eigenvalue weighted by Crippen LogP contribution is 2.35. The van der Waals surface area contributed by atoms with Gasteiger partial charge in [0.25, 0.3) is 0 Å². The van der Waals surface area contributed by atoms with Gasteiger partial charge in [0, 0.05) is 24.1 Å². The summed E-state index contributed by atoms with van der Waals surface area (Å²) >= 11 is 0. The third-order valence-corrected chi connectivity index (χ3v) is 3.88. The lowest BCUT2D eigenvalue weighted by atomic mass is 10.0. The summed E-state index contributed by atoms with van der Waals surface area (Å²) in [5, 5.41) is 0. The first-order chi connectivity index (χ1) is 9.79. The van der Waals surface area contributed by atoms with Gasteiger partial charge in [0.05, 0.1) is 0 Å². The molecule has 4 heteroatoms. The molecule has 3 nitrogen and oxygen atoms in total. The Morgan fingerprint density at radius 1 is 1.05 bits per heavy atom. The Morgan fingerprint density at radius 3 is 2.67 bits per heavy atom. The summed E-state index contributed by atoms with van der Waals surface area (Å²) in [6.45, 7) is 3.45. The number of hydrogen-bond donors (Lipinski definition) is 0. The second kappa shape index (κ2) is 5.53. The van der Waals surface area contributed by atoms with Crippen LogP contribution in [-0.2, 0) is 6.42 Å². The molecule has 0 saturated heterocycles. The predicted molar refractivity (Wildman–Crippen MR) is 77.4 cm³/mol. The van der Waals surface area contributed by atoms with E-state index in [1.54, 1.807) is 0 Å². The van der Waals surface area contributed by atoms with Crippen molar-refractivity contribution in [2.24, 2.45) is 0 Å². The maximum atomic E-state index is 5.46. The first-order valence-corrected chi connectivity index (χ1v) is 6.90. The molecule has 0 amide bonds. The van der Waals surface area contributed by atoms with E-state index in [2.05, 4.69) is 54.1 Å². The minimum atomic E-state index is 0. The van der Waals surface area contributed by atoms with Gasteiger partial charge in [-0.3, -0.25) is 0 Å². The lowest BCUT2D eigenvalue weighted by Crippen LogP contribution is -3.00. The Morgan fingerprint density at radius 2 is 1.86 bits per heavy atom. The lowest BCUT2D eigenvalue weighted by Gasteiger charge is -2.13. The van der Waals surface area contributed by atoms with Crippen LogP contribution in [-0.4, -0.2) is 24.1 Å². The van der Waals surface area contributed by atoms with Crippen LogP contribution in [0.2, 0.25) is 0 Å². The molecule has 2 aromatic carbocycles. The van der Waals surface area contributed by atoms with Gasteiger partial charge in [-0.15, -0.1) is 0 Å². The molecule has 0 atom stereocenters. The highest BCUT2D eigenvalue weighted by atomic mass is 79.9. The van der Waals surface area contributed by atoms with Crippen molar-refractivity contribution in [1.29, 1.82) is 0 Å². The molecule has 2 heterocycles. The number of benzene rings is 2. The highest BCUT2D eigenvalue weighted by molar-refractivity contribution is 5.81. The first-order valence-electron chi connectivity index (χ1n) is 6.90. The topological polar surface area (TPSA) is 21.5 Å². The van der Waals surface area contributed by atoms with Crippen molar-refractivity contribution in [2.75, 3.05) is 13.3 Å². The van der Waals surface area contributed by atoms with Crippen molar-refractivity contribution in [3.8, 4) is 11.5 Å². The summed E-state index contributed by atoms with van der Waals surface area (Å²) in [5.41, 5.74) is 5.08. The average molecular weight is 346 g/mol. The van der Waals surface area contributed by atoms with Gasteiger partial charge in [0.2, 0.25) is 12.5 Å². The number of hydrogen-bond acceptors (Lipinski definition) is 2. The molecular formula is C17H16BrNO2. The molecule has 108 valence electrons. The molecule has 0 N–H and O–H groups in total. The Balaban J connectivity index is 0.00000132. The van der Waals surface area contributed by atoms with Gasteiger partial charge in [-0.25, -0.2) is 0 Å². The van der Waals surface area contributed by atoms with E-state index >= 15 is 0 Å². The summed E-state index contributed by atoms with van der Waals surface area (Å²) in [7, 11) is 0. The van der Waals surface area contributed by atoms with Gasteiger partial charge >= 0.3 is 0 Å². The van der Waals surface area contributed by atoms with E-state index in [1.165, 1.54) is 22.4 Å². The fraction of sp³-hybridized carbons (Fsp3) is 0.235. The molecule has 2 aliphatic rings. The number of fused-ring (bicyclic) bond motifs is 2. The van der Waals surface area contributed by atoms with Crippen LogP contribution in [0, 0.1) is 6.92 Å². The monoisotopic (exact) mass is 345 g/mol. The Kier molecular flexibility index (Phi) is 3.72. The summed E-state index contributed by atoms with van der Waals surface area (Å²) in [6.07, 6.45) is 3.23. The Hall–Kier alpha value is -1.81. The molecule has 21 heavy (non-hydrogen) atoms. The van der Waals surface area contributed by atoms with Crippen LogP contribution < -0.4 is 26.5 Å². The Bertz CT molecular complexity index is 725.